The maximum Gasteiger partial charge on any atom is 0.245 e. The van der Waals surface area contributed by atoms with Crippen LogP contribution < -0.4 is 15.5 Å². The van der Waals surface area contributed by atoms with Crippen LogP contribution in [0.2, 0.25) is 0 Å². The van der Waals surface area contributed by atoms with Crippen LogP contribution in [0, 0.1) is 11.3 Å². The van der Waals surface area contributed by atoms with Gasteiger partial charge in [0, 0.05) is 58.2 Å². The second-order valence-corrected chi connectivity index (χ2v) is 9.82. The molecule has 1 unspecified atom stereocenters. The van der Waals surface area contributed by atoms with Gasteiger partial charge in [-0.05, 0) is 24.8 Å². The normalized spacial score (nSPS) is 18.0. The number of nitrogens with zero attached hydrogens (tertiary/aromatic N) is 6. The molecule has 0 aromatic carbocycles. The summed E-state index contributed by atoms with van der Waals surface area (Å²) in [6, 6.07) is -0.0548. The lowest BCUT2D eigenvalue weighted by Crippen LogP contribution is -2.59. The monoisotopic (exact) mass is 454 g/mol. The standard InChI is InChI=1S/C23H34N8O2/c1-6-18(33)31-12-23(13-31)7-8-30(11-23)22-27-20-19(29(5)14-25-20)21(28-22)26-16(9-15(2)3)10-17(32)24-4/h6,14-16H,1,7-13H2,2-5H3,(H,24,32)(H,26,27,28). The summed E-state index contributed by atoms with van der Waals surface area (Å²) < 4.78 is 1.91. The average Bonchev–Trinajstić information content (AvgIpc) is 3.36. The van der Waals surface area contributed by atoms with Crippen LogP contribution in [0.1, 0.15) is 33.1 Å². The highest BCUT2D eigenvalue weighted by Gasteiger charge is 2.49. The van der Waals surface area contributed by atoms with Crippen LogP contribution in [0.3, 0.4) is 0 Å². The van der Waals surface area contributed by atoms with Crippen LogP contribution >= 0.6 is 0 Å². The number of anilines is 2. The summed E-state index contributed by atoms with van der Waals surface area (Å²) in [5.74, 6) is 1.74. The average molecular weight is 455 g/mol. The maximum atomic E-state index is 12.1. The van der Waals surface area contributed by atoms with Gasteiger partial charge in [-0.3, -0.25) is 9.59 Å². The zero-order valence-corrected chi connectivity index (χ0v) is 20.0. The van der Waals surface area contributed by atoms with Crippen molar-refractivity contribution in [3.8, 4) is 0 Å². The van der Waals surface area contributed by atoms with Gasteiger partial charge in [-0.15, -0.1) is 0 Å². The molecule has 2 fully saturated rings. The molecule has 2 saturated heterocycles. The van der Waals surface area contributed by atoms with E-state index in [2.05, 4.69) is 40.9 Å². The number of likely N-dealkylation sites (tertiary alicyclic amines) is 1. The Balaban J connectivity index is 1.58. The molecule has 4 heterocycles. The van der Waals surface area contributed by atoms with E-state index in [1.807, 2.05) is 16.5 Å². The quantitative estimate of drug-likeness (QED) is 0.583. The van der Waals surface area contributed by atoms with Crippen LogP contribution in [-0.2, 0) is 16.6 Å². The maximum absolute atomic E-state index is 12.1. The fourth-order valence-electron chi connectivity index (χ4n) is 4.98. The molecule has 0 aliphatic carbocycles. The van der Waals surface area contributed by atoms with Crippen molar-refractivity contribution in [2.75, 3.05) is 43.4 Å². The van der Waals surface area contributed by atoms with Crippen LogP contribution in [0.25, 0.3) is 11.2 Å². The zero-order valence-electron chi connectivity index (χ0n) is 20.0. The molecule has 2 aliphatic rings. The Hall–Kier alpha value is -3.17. The number of fused-ring (bicyclic) bond motifs is 1. The summed E-state index contributed by atoms with van der Waals surface area (Å²) in [6.07, 6.45) is 5.31. The van der Waals surface area contributed by atoms with Crippen molar-refractivity contribution in [3.63, 3.8) is 0 Å². The largest absolute Gasteiger partial charge is 0.365 e. The van der Waals surface area contributed by atoms with E-state index >= 15 is 0 Å². The lowest BCUT2D eigenvalue weighted by atomic mass is 9.79. The van der Waals surface area contributed by atoms with Crippen molar-refractivity contribution in [3.05, 3.63) is 19.0 Å². The van der Waals surface area contributed by atoms with E-state index in [9.17, 15) is 9.59 Å². The molecule has 10 nitrogen and oxygen atoms in total. The molecule has 178 valence electrons. The van der Waals surface area contributed by atoms with E-state index in [0.717, 1.165) is 44.5 Å². The van der Waals surface area contributed by atoms with Gasteiger partial charge in [-0.2, -0.15) is 9.97 Å². The van der Waals surface area contributed by atoms with Crippen molar-refractivity contribution in [1.82, 2.24) is 29.7 Å². The Morgan fingerprint density at radius 3 is 2.70 bits per heavy atom. The predicted octanol–water partition coefficient (Wildman–Crippen LogP) is 1.55. The molecule has 1 atom stereocenters. The zero-order chi connectivity index (χ0) is 23.8. The summed E-state index contributed by atoms with van der Waals surface area (Å²) in [5.41, 5.74) is 1.55. The number of nitrogens with one attached hydrogen (secondary N) is 2. The van der Waals surface area contributed by atoms with Gasteiger partial charge in [-0.1, -0.05) is 20.4 Å². The highest BCUT2D eigenvalue weighted by molar-refractivity contribution is 5.88. The minimum atomic E-state index is -0.0548. The first-order chi connectivity index (χ1) is 15.7. The fourth-order valence-corrected chi connectivity index (χ4v) is 4.98. The summed E-state index contributed by atoms with van der Waals surface area (Å²) in [4.78, 5) is 42.1. The predicted molar refractivity (Wildman–Crippen MR) is 128 cm³/mol. The van der Waals surface area contributed by atoms with Gasteiger partial charge in [0.25, 0.3) is 0 Å². The third-order valence-corrected chi connectivity index (χ3v) is 6.63. The molecule has 2 N–H and O–H groups in total. The van der Waals surface area contributed by atoms with Gasteiger partial charge in [0.2, 0.25) is 17.8 Å². The second kappa shape index (κ2) is 8.99. The van der Waals surface area contributed by atoms with Gasteiger partial charge in [0.05, 0.1) is 6.33 Å². The first-order valence-corrected chi connectivity index (χ1v) is 11.6. The molecule has 33 heavy (non-hydrogen) atoms. The van der Waals surface area contributed by atoms with Crippen LogP contribution in [0.4, 0.5) is 11.8 Å². The second-order valence-electron chi connectivity index (χ2n) is 9.82. The summed E-state index contributed by atoms with van der Waals surface area (Å²) >= 11 is 0. The molecule has 0 bridgehead atoms. The molecule has 0 radical (unpaired) electrons. The molecule has 2 aromatic heterocycles. The van der Waals surface area contributed by atoms with E-state index in [4.69, 9.17) is 9.97 Å². The van der Waals surface area contributed by atoms with E-state index in [1.54, 1.807) is 13.4 Å². The van der Waals surface area contributed by atoms with E-state index in [-0.39, 0.29) is 23.3 Å². The van der Waals surface area contributed by atoms with Crippen molar-refractivity contribution < 1.29 is 9.59 Å². The Morgan fingerprint density at radius 2 is 2.03 bits per heavy atom. The van der Waals surface area contributed by atoms with Crippen LogP contribution in [0.5, 0.6) is 0 Å². The molecular formula is C23H34N8O2. The van der Waals surface area contributed by atoms with Crippen LogP contribution in [0.15, 0.2) is 19.0 Å². The topological polar surface area (TPSA) is 108 Å². The Kier molecular flexibility index (Phi) is 6.27. The highest BCUT2D eigenvalue weighted by Crippen LogP contribution is 2.41. The molecule has 2 amide bonds. The molecule has 0 saturated carbocycles. The first-order valence-electron chi connectivity index (χ1n) is 11.6. The Morgan fingerprint density at radius 1 is 1.27 bits per heavy atom. The number of hydrogen-bond acceptors (Lipinski definition) is 7. The lowest BCUT2D eigenvalue weighted by Gasteiger charge is -2.47. The number of hydrogen-bond donors (Lipinski definition) is 2. The molecule has 2 aliphatic heterocycles. The number of rotatable bonds is 8. The third-order valence-electron chi connectivity index (χ3n) is 6.63. The lowest BCUT2D eigenvalue weighted by molar-refractivity contribution is -0.136. The van der Waals surface area contributed by atoms with E-state index in [1.165, 1.54) is 6.08 Å². The number of carbonyl (C=O) groups is 2. The smallest absolute Gasteiger partial charge is 0.245 e. The van der Waals surface area contributed by atoms with Gasteiger partial charge in [-0.25, -0.2) is 4.98 Å². The fraction of sp³-hybridized carbons (Fsp3) is 0.609. The molecule has 10 heteroatoms. The van der Waals surface area contributed by atoms with Gasteiger partial charge in [0.15, 0.2) is 11.5 Å². The van der Waals surface area contributed by atoms with E-state index in [0.29, 0.717) is 29.8 Å². The molecular weight excluding hydrogens is 420 g/mol. The summed E-state index contributed by atoms with van der Waals surface area (Å²) in [7, 11) is 3.58. The number of carbonyl (C=O) groups excluding carboxylic acids is 2. The minimum Gasteiger partial charge on any atom is -0.365 e. The number of aromatic nitrogens is 4. The Labute approximate surface area is 194 Å². The Bertz CT molecular complexity index is 1060. The number of aryl methyl sites for hydroxylation is 1. The summed E-state index contributed by atoms with van der Waals surface area (Å²) in [6.45, 7) is 11.0. The number of amides is 2. The molecule has 2 aromatic rings. The van der Waals surface area contributed by atoms with Crippen LogP contribution in [-0.4, -0.2) is 75.5 Å². The van der Waals surface area contributed by atoms with Gasteiger partial charge < -0.3 is 25.0 Å². The first kappa shape index (κ1) is 23.0. The van der Waals surface area contributed by atoms with Gasteiger partial charge in [0.1, 0.15) is 5.52 Å². The highest BCUT2D eigenvalue weighted by atomic mass is 16.2. The van der Waals surface area contributed by atoms with E-state index < -0.39 is 0 Å². The SMILES string of the molecule is C=CC(=O)N1CC2(CCN(c3nc(NC(CC(=O)NC)CC(C)C)c4c(ncn4C)n3)C2)C1. The van der Waals surface area contributed by atoms with Crippen molar-refractivity contribution in [2.45, 2.75) is 39.2 Å². The third kappa shape index (κ3) is 4.65. The van der Waals surface area contributed by atoms with Crippen molar-refractivity contribution in [2.24, 2.45) is 18.4 Å². The number of imidazole rings is 1. The van der Waals surface area contributed by atoms with Gasteiger partial charge >= 0.3 is 0 Å². The summed E-state index contributed by atoms with van der Waals surface area (Å²) in [5, 5.41) is 6.24. The van der Waals surface area contributed by atoms with Crippen molar-refractivity contribution >= 4 is 34.7 Å². The molecule has 4 rings (SSSR count). The van der Waals surface area contributed by atoms with Crippen molar-refractivity contribution in [1.29, 1.82) is 0 Å². The minimum absolute atomic E-state index is 0.00577. The molecule has 1 spiro atoms.